The number of halogens is 1. The number of benzene rings is 2. The third kappa shape index (κ3) is 5.23. The van der Waals surface area contributed by atoms with Crippen molar-refractivity contribution >= 4 is 50.1 Å². The molecule has 2 aromatic carbocycles. The Morgan fingerprint density at radius 2 is 1.97 bits per heavy atom. The molecule has 158 valence electrons. The summed E-state index contributed by atoms with van der Waals surface area (Å²) < 4.78 is 3.05. The van der Waals surface area contributed by atoms with Gasteiger partial charge >= 0.3 is 0 Å². The number of aryl methyl sites for hydroxylation is 1. The number of carbonyl (C=O) groups excluding carboxylic acids is 1. The highest BCUT2D eigenvalue weighted by molar-refractivity contribution is 9.10. The summed E-state index contributed by atoms with van der Waals surface area (Å²) in [5.41, 5.74) is 4.04. The molecule has 1 N–H and O–H groups in total. The number of amides is 1. The zero-order valence-electron chi connectivity index (χ0n) is 17.0. The normalized spacial score (nSPS) is 10.9. The number of rotatable bonds is 7. The van der Waals surface area contributed by atoms with E-state index in [0.717, 1.165) is 38.8 Å². The first-order valence-electron chi connectivity index (χ1n) is 9.68. The van der Waals surface area contributed by atoms with Crippen molar-refractivity contribution in [2.75, 3.05) is 11.1 Å². The first-order chi connectivity index (χ1) is 15.0. The van der Waals surface area contributed by atoms with Crippen LogP contribution in [0.1, 0.15) is 12.5 Å². The van der Waals surface area contributed by atoms with Gasteiger partial charge in [-0.2, -0.15) is 0 Å². The van der Waals surface area contributed by atoms with E-state index in [2.05, 4.69) is 55.5 Å². The topological polar surface area (TPSA) is 72.7 Å². The Morgan fingerprint density at radius 3 is 2.71 bits per heavy atom. The molecule has 0 radical (unpaired) electrons. The van der Waals surface area contributed by atoms with Crippen LogP contribution in [0.2, 0.25) is 0 Å². The van der Waals surface area contributed by atoms with E-state index in [1.807, 2.05) is 53.3 Å². The zero-order chi connectivity index (χ0) is 21.8. The maximum atomic E-state index is 12.5. The van der Waals surface area contributed by atoms with Crippen LogP contribution < -0.4 is 5.32 Å². The zero-order valence-corrected chi connectivity index (χ0v) is 20.2. The van der Waals surface area contributed by atoms with Gasteiger partial charge in [0.2, 0.25) is 5.91 Å². The Labute approximate surface area is 197 Å². The molecule has 9 heteroatoms. The predicted molar refractivity (Wildman–Crippen MR) is 130 cm³/mol. The molecule has 0 aliphatic rings. The van der Waals surface area contributed by atoms with Crippen LogP contribution in [0, 0.1) is 6.92 Å². The average molecular weight is 514 g/mol. The van der Waals surface area contributed by atoms with E-state index in [1.54, 1.807) is 0 Å². The maximum absolute atomic E-state index is 12.5. The third-order valence-corrected chi connectivity index (χ3v) is 6.79. The number of hydrogen-bond acceptors (Lipinski definition) is 6. The fraction of sp³-hybridized carbons (Fsp3) is 0.182. The highest BCUT2D eigenvalue weighted by Crippen LogP contribution is 2.27. The van der Waals surface area contributed by atoms with Crippen molar-refractivity contribution in [3.63, 3.8) is 0 Å². The molecule has 0 spiro atoms. The molecule has 0 saturated carbocycles. The fourth-order valence-corrected chi connectivity index (χ4v) is 4.85. The summed E-state index contributed by atoms with van der Waals surface area (Å²) in [6.45, 7) is 4.83. The molecule has 0 saturated heterocycles. The molecule has 0 aliphatic heterocycles. The van der Waals surface area contributed by atoms with Crippen LogP contribution in [0.4, 0.5) is 5.13 Å². The lowest BCUT2D eigenvalue weighted by Crippen LogP contribution is -2.14. The van der Waals surface area contributed by atoms with E-state index < -0.39 is 0 Å². The van der Waals surface area contributed by atoms with E-state index >= 15 is 0 Å². The second kappa shape index (κ2) is 9.76. The molecule has 0 atom stereocenters. The van der Waals surface area contributed by atoms with E-state index in [0.29, 0.717) is 5.13 Å². The molecule has 2 aromatic heterocycles. The number of anilines is 1. The average Bonchev–Trinajstić information content (AvgIpc) is 3.39. The van der Waals surface area contributed by atoms with Crippen molar-refractivity contribution in [2.24, 2.45) is 0 Å². The summed E-state index contributed by atoms with van der Waals surface area (Å²) in [6, 6.07) is 16.1. The van der Waals surface area contributed by atoms with Crippen LogP contribution in [0.15, 0.2) is 63.5 Å². The smallest absolute Gasteiger partial charge is 0.236 e. The number of nitrogens with one attached hydrogen (secondary N) is 1. The van der Waals surface area contributed by atoms with Crippen molar-refractivity contribution in [1.29, 1.82) is 0 Å². The summed E-state index contributed by atoms with van der Waals surface area (Å²) in [6.07, 6.45) is 0. The molecular formula is C22H20BrN5OS2. The van der Waals surface area contributed by atoms with Gasteiger partial charge in [0.25, 0.3) is 0 Å². The first-order valence-corrected chi connectivity index (χ1v) is 12.3. The van der Waals surface area contributed by atoms with Crippen molar-refractivity contribution in [3.05, 3.63) is 63.9 Å². The molecule has 2 heterocycles. The number of aromatic nitrogens is 4. The molecule has 31 heavy (non-hydrogen) atoms. The highest BCUT2D eigenvalue weighted by atomic mass is 79.9. The van der Waals surface area contributed by atoms with Gasteiger partial charge in [0.1, 0.15) is 0 Å². The standard InChI is InChI=1S/C22H20BrN5OS2/c1-3-28-20(16-6-4-5-14(2)11-16)26-27-22(28)31-13-19(29)25-21-24-18(12-30-21)15-7-9-17(23)10-8-15/h4-12H,3,13H2,1-2H3,(H,24,25,29). The van der Waals surface area contributed by atoms with Gasteiger partial charge in [0.15, 0.2) is 16.1 Å². The highest BCUT2D eigenvalue weighted by Gasteiger charge is 2.15. The molecule has 6 nitrogen and oxygen atoms in total. The van der Waals surface area contributed by atoms with Gasteiger partial charge in [-0.05, 0) is 32.0 Å². The lowest BCUT2D eigenvalue weighted by Gasteiger charge is -2.07. The summed E-state index contributed by atoms with van der Waals surface area (Å²) in [5, 5.41) is 14.8. The van der Waals surface area contributed by atoms with Crippen LogP contribution in [-0.4, -0.2) is 31.4 Å². The Kier molecular flexibility index (Phi) is 6.84. The fourth-order valence-electron chi connectivity index (χ4n) is 3.05. The second-order valence-corrected chi connectivity index (χ2v) is 9.52. The third-order valence-electron chi connectivity index (χ3n) is 4.53. The Hall–Kier alpha value is -2.49. The van der Waals surface area contributed by atoms with Gasteiger partial charge in [-0.25, -0.2) is 4.98 Å². The lowest BCUT2D eigenvalue weighted by molar-refractivity contribution is -0.113. The van der Waals surface area contributed by atoms with Crippen LogP contribution in [0.25, 0.3) is 22.6 Å². The van der Waals surface area contributed by atoms with Crippen LogP contribution in [0.5, 0.6) is 0 Å². The number of nitrogens with zero attached hydrogens (tertiary/aromatic N) is 4. The number of hydrogen-bond donors (Lipinski definition) is 1. The second-order valence-electron chi connectivity index (χ2n) is 6.80. The van der Waals surface area contributed by atoms with E-state index in [-0.39, 0.29) is 11.7 Å². The molecular weight excluding hydrogens is 494 g/mol. The van der Waals surface area contributed by atoms with Gasteiger partial charge in [-0.1, -0.05) is 63.6 Å². The molecule has 0 aliphatic carbocycles. The summed E-state index contributed by atoms with van der Waals surface area (Å²) >= 11 is 6.22. The summed E-state index contributed by atoms with van der Waals surface area (Å²) in [5.74, 6) is 0.928. The van der Waals surface area contributed by atoms with Gasteiger partial charge in [0, 0.05) is 27.5 Å². The molecule has 4 rings (SSSR count). The predicted octanol–water partition coefficient (Wildman–Crippen LogP) is 5.89. The summed E-state index contributed by atoms with van der Waals surface area (Å²) in [7, 11) is 0. The Bertz CT molecular complexity index is 1200. The molecule has 0 fully saturated rings. The summed E-state index contributed by atoms with van der Waals surface area (Å²) in [4.78, 5) is 17.0. The van der Waals surface area contributed by atoms with Gasteiger partial charge in [0.05, 0.1) is 11.4 Å². The SMILES string of the molecule is CCn1c(SCC(=O)Nc2nc(-c3ccc(Br)cc3)cs2)nnc1-c1cccc(C)c1. The molecule has 0 unspecified atom stereocenters. The quantitative estimate of drug-likeness (QED) is 0.312. The molecule has 0 bridgehead atoms. The van der Waals surface area contributed by atoms with Crippen LogP contribution >= 0.6 is 39.0 Å². The Morgan fingerprint density at radius 1 is 1.16 bits per heavy atom. The monoisotopic (exact) mass is 513 g/mol. The first kappa shape index (κ1) is 21.7. The number of thiazole rings is 1. The van der Waals surface area contributed by atoms with E-state index in [1.165, 1.54) is 28.7 Å². The van der Waals surface area contributed by atoms with E-state index in [9.17, 15) is 4.79 Å². The van der Waals surface area contributed by atoms with Crippen molar-refractivity contribution in [1.82, 2.24) is 19.7 Å². The molecule has 4 aromatic rings. The lowest BCUT2D eigenvalue weighted by atomic mass is 10.1. The van der Waals surface area contributed by atoms with Crippen molar-refractivity contribution in [2.45, 2.75) is 25.5 Å². The minimum atomic E-state index is -0.121. The van der Waals surface area contributed by atoms with Gasteiger partial charge in [-0.3, -0.25) is 4.79 Å². The minimum Gasteiger partial charge on any atom is -0.302 e. The van der Waals surface area contributed by atoms with Crippen LogP contribution in [-0.2, 0) is 11.3 Å². The number of carbonyl (C=O) groups is 1. The Balaban J connectivity index is 1.40. The van der Waals surface area contributed by atoms with Crippen molar-refractivity contribution in [3.8, 4) is 22.6 Å². The maximum Gasteiger partial charge on any atom is 0.236 e. The largest absolute Gasteiger partial charge is 0.302 e. The van der Waals surface area contributed by atoms with E-state index in [4.69, 9.17) is 0 Å². The van der Waals surface area contributed by atoms with Gasteiger partial charge in [-0.15, -0.1) is 21.5 Å². The molecule has 1 amide bonds. The van der Waals surface area contributed by atoms with Crippen LogP contribution in [0.3, 0.4) is 0 Å². The van der Waals surface area contributed by atoms with Crippen molar-refractivity contribution < 1.29 is 4.79 Å². The minimum absolute atomic E-state index is 0.121. The van der Waals surface area contributed by atoms with Gasteiger partial charge < -0.3 is 9.88 Å². The number of thioether (sulfide) groups is 1.